The zero-order chi connectivity index (χ0) is 11.5. The molecule has 2 aliphatic rings. The van der Waals surface area contributed by atoms with Crippen LogP contribution in [0.25, 0.3) is 0 Å². The van der Waals surface area contributed by atoms with Gasteiger partial charge in [-0.1, -0.05) is 6.92 Å². The van der Waals surface area contributed by atoms with Crippen LogP contribution in [0.1, 0.15) is 13.8 Å². The molecule has 92 valence electrons. The molecule has 0 radical (unpaired) electrons. The number of nitrogens with one attached hydrogen (secondary N) is 1. The highest BCUT2D eigenvalue weighted by Gasteiger charge is 2.33. The second-order valence-electron chi connectivity index (χ2n) is 4.43. The van der Waals surface area contributed by atoms with E-state index in [4.69, 9.17) is 4.74 Å². The van der Waals surface area contributed by atoms with Gasteiger partial charge in [-0.05, 0) is 6.92 Å². The van der Waals surface area contributed by atoms with Crippen molar-refractivity contribution >= 4 is 17.7 Å². The molecule has 16 heavy (non-hydrogen) atoms. The zero-order valence-corrected chi connectivity index (χ0v) is 10.8. The average Bonchev–Trinajstić information content (AvgIpc) is 2.33. The molecule has 0 aliphatic carbocycles. The van der Waals surface area contributed by atoms with Crippen molar-refractivity contribution in [3.63, 3.8) is 0 Å². The first kappa shape index (κ1) is 12.2. The molecule has 0 aromatic rings. The SMILES string of the molecule is CC1SCCN(C(=O)C2COCCN2)C1C. The van der Waals surface area contributed by atoms with E-state index in [0.717, 1.165) is 18.8 Å². The van der Waals surface area contributed by atoms with Crippen LogP contribution in [0.3, 0.4) is 0 Å². The van der Waals surface area contributed by atoms with E-state index in [1.165, 1.54) is 0 Å². The number of nitrogens with zero attached hydrogens (tertiary/aromatic N) is 1. The Morgan fingerprint density at radius 1 is 1.50 bits per heavy atom. The highest BCUT2D eigenvalue weighted by atomic mass is 32.2. The fourth-order valence-corrected chi connectivity index (χ4v) is 3.27. The lowest BCUT2D eigenvalue weighted by molar-refractivity contribution is -0.138. The Morgan fingerprint density at radius 2 is 2.31 bits per heavy atom. The highest BCUT2D eigenvalue weighted by Crippen LogP contribution is 2.24. The Kier molecular flexibility index (Phi) is 4.10. The summed E-state index contributed by atoms with van der Waals surface area (Å²) in [6, 6.07) is 0.196. The first-order valence-electron chi connectivity index (χ1n) is 5.93. The number of ether oxygens (including phenoxy) is 1. The van der Waals surface area contributed by atoms with Gasteiger partial charge in [-0.3, -0.25) is 4.79 Å². The molecule has 2 heterocycles. The average molecular weight is 244 g/mol. The van der Waals surface area contributed by atoms with Gasteiger partial charge in [0.25, 0.3) is 0 Å². The normalized spacial score (nSPS) is 36.1. The maximum Gasteiger partial charge on any atom is 0.242 e. The molecule has 3 unspecified atom stereocenters. The lowest BCUT2D eigenvalue weighted by Crippen LogP contribution is -2.57. The number of hydrogen-bond donors (Lipinski definition) is 1. The van der Waals surface area contributed by atoms with Crippen LogP contribution in [-0.4, -0.2) is 60.2 Å². The van der Waals surface area contributed by atoms with Crippen LogP contribution < -0.4 is 5.32 Å². The standard InChI is InChI=1S/C11H20N2O2S/c1-8-9(2)16-6-4-13(8)11(14)10-7-15-5-3-12-10/h8-10,12H,3-7H2,1-2H3. The van der Waals surface area contributed by atoms with Gasteiger partial charge in [0.15, 0.2) is 0 Å². The maximum atomic E-state index is 12.3. The van der Waals surface area contributed by atoms with E-state index in [0.29, 0.717) is 24.5 Å². The molecule has 1 amide bonds. The van der Waals surface area contributed by atoms with Crippen LogP contribution in [0.5, 0.6) is 0 Å². The van der Waals surface area contributed by atoms with E-state index >= 15 is 0 Å². The summed E-state index contributed by atoms with van der Waals surface area (Å²) in [5.41, 5.74) is 0. The minimum absolute atomic E-state index is 0.133. The summed E-state index contributed by atoms with van der Waals surface area (Å²) in [6.07, 6.45) is 0. The Bertz CT molecular complexity index is 256. The quantitative estimate of drug-likeness (QED) is 0.721. The number of rotatable bonds is 1. The monoisotopic (exact) mass is 244 g/mol. The van der Waals surface area contributed by atoms with Gasteiger partial charge in [0.2, 0.25) is 5.91 Å². The fourth-order valence-electron chi connectivity index (χ4n) is 2.17. The number of carbonyl (C=O) groups is 1. The number of hydrogen-bond acceptors (Lipinski definition) is 4. The molecule has 3 atom stereocenters. The van der Waals surface area contributed by atoms with E-state index in [9.17, 15) is 4.79 Å². The predicted molar refractivity (Wildman–Crippen MR) is 65.7 cm³/mol. The van der Waals surface area contributed by atoms with Crippen LogP contribution in [0.15, 0.2) is 0 Å². The fraction of sp³-hybridized carbons (Fsp3) is 0.909. The summed E-state index contributed by atoms with van der Waals surface area (Å²) in [6.45, 7) is 7.21. The van der Waals surface area contributed by atoms with Gasteiger partial charge in [-0.2, -0.15) is 11.8 Å². The zero-order valence-electron chi connectivity index (χ0n) is 9.94. The summed E-state index contributed by atoms with van der Waals surface area (Å²) in [4.78, 5) is 14.3. The van der Waals surface area contributed by atoms with Gasteiger partial charge in [-0.15, -0.1) is 0 Å². The number of amides is 1. The number of thioether (sulfide) groups is 1. The summed E-state index contributed by atoms with van der Waals surface area (Å²) < 4.78 is 5.34. The van der Waals surface area contributed by atoms with Crippen molar-refractivity contribution in [3.05, 3.63) is 0 Å². The lowest BCUT2D eigenvalue weighted by atomic mass is 10.1. The van der Waals surface area contributed by atoms with E-state index < -0.39 is 0 Å². The molecule has 0 aromatic carbocycles. The Morgan fingerprint density at radius 3 is 3.00 bits per heavy atom. The molecule has 2 aliphatic heterocycles. The Balaban J connectivity index is 1.96. The third-order valence-corrected chi connectivity index (χ3v) is 4.72. The van der Waals surface area contributed by atoms with Crippen LogP contribution in [0, 0.1) is 0 Å². The van der Waals surface area contributed by atoms with E-state index in [2.05, 4.69) is 19.2 Å². The summed E-state index contributed by atoms with van der Waals surface area (Å²) in [5.74, 6) is 1.25. The minimum Gasteiger partial charge on any atom is -0.378 e. The molecule has 0 spiro atoms. The summed E-state index contributed by atoms with van der Waals surface area (Å²) >= 11 is 1.95. The maximum absolute atomic E-state index is 12.3. The minimum atomic E-state index is -0.133. The van der Waals surface area contributed by atoms with Crippen molar-refractivity contribution < 1.29 is 9.53 Å². The second kappa shape index (κ2) is 5.38. The molecule has 1 N–H and O–H groups in total. The van der Waals surface area contributed by atoms with Gasteiger partial charge in [-0.25, -0.2) is 0 Å². The molecular weight excluding hydrogens is 224 g/mol. The van der Waals surface area contributed by atoms with Crippen molar-refractivity contribution in [2.75, 3.05) is 32.1 Å². The van der Waals surface area contributed by atoms with Gasteiger partial charge in [0.05, 0.1) is 13.2 Å². The molecule has 0 bridgehead atoms. The summed E-state index contributed by atoms with van der Waals surface area (Å²) in [7, 11) is 0. The van der Waals surface area contributed by atoms with Gasteiger partial charge in [0, 0.05) is 30.1 Å². The van der Waals surface area contributed by atoms with Crippen LogP contribution in [0.4, 0.5) is 0 Å². The highest BCUT2D eigenvalue weighted by molar-refractivity contribution is 8.00. The first-order valence-corrected chi connectivity index (χ1v) is 6.98. The smallest absolute Gasteiger partial charge is 0.242 e. The lowest BCUT2D eigenvalue weighted by Gasteiger charge is -2.40. The van der Waals surface area contributed by atoms with Crippen molar-refractivity contribution in [2.45, 2.75) is 31.2 Å². The summed E-state index contributed by atoms with van der Waals surface area (Å²) in [5, 5.41) is 3.76. The molecule has 0 aromatic heterocycles. The molecule has 2 saturated heterocycles. The largest absolute Gasteiger partial charge is 0.378 e. The van der Waals surface area contributed by atoms with Crippen molar-refractivity contribution in [1.82, 2.24) is 10.2 Å². The van der Waals surface area contributed by atoms with Crippen molar-refractivity contribution in [3.8, 4) is 0 Å². The van der Waals surface area contributed by atoms with Gasteiger partial charge >= 0.3 is 0 Å². The Labute approximate surface area is 101 Å². The Hall–Kier alpha value is -0.260. The van der Waals surface area contributed by atoms with E-state index in [1.54, 1.807) is 0 Å². The molecular formula is C11H20N2O2S. The van der Waals surface area contributed by atoms with Gasteiger partial charge in [0.1, 0.15) is 6.04 Å². The predicted octanol–water partition coefficient (Wildman–Crippen LogP) is 0.327. The molecule has 4 nitrogen and oxygen atoms in total. The third kappa shape index (κ3) is 2.52. The molecule has 2 fully saturated rings. The van der Waals surface area contributed by atoms with Crippen molar-refractivity contribution in [1.29, 1.82) is 0 Å². The molecule has 0 saturated carbocycles. The number of morpholine rings is 1. The number of carbonyl (C=O) groups excluding carboxylic acids is 1. The second-order valence-corrected chi connectivity index (χ2v) is 5.91. The van der Waals surface area contributed by atoms with Crippen LogP contribution in [0.2, 0.25) is 0 Å². The topological polar surface area (TPSA) is 41.6 Å². The first-order chi connectivity index (χ1) is 7.70. The van der Waals surface area contributed by atoms with Gasteiger partial charge < -0.3 is 15.0 Å². The van der Waals surface area contributed by atoms with E-state index in [1.807, 2.05) is 16.7 Å². The molecule has 5 heteroatoms. The van der Waals surface area contributed by atoms with Crippen LogP contribution >= 0.6 is 11.8 Å². The molecule has 2 rings (SSSR count). The van der Waals surface area contributed by atoms with Crippen molar-refractivity contribution in [2.24, 2.45) is 0 Å². The third-order valence-electron chi connectivity index (χ3n) is 3.39. The van der Waals surface area contributed by atoms with Crippen LogP contribution in [-0.2, 0) is 9.53 Å². The van der Waals surface area contributed by atoms with E-state index in [-0.39, 0.29) is 11.9 Å².